The number of carbonyl (C=O) groups is 2. The standard InChI is InChI=1S/C18H25FN4O3S/c19-13-1-4-16(20-10-13)23-18(25)15(9-12-5-7-26-8-6-12)22-17(24)11-21-27-14-2-3-14/h1,4,10,12,14-15,21H,2-3,5-9,11H2,(H,22,24)(H,20,23,25). The predicted octanol–water partition coefficient (Wildman–Crippen LogP) is 1.86. The Kier molecular flexibility index (Phi) is 7.42. The Morgan fingerprint density at radius 2 is 2.04 bits per heavy atom. The zero-order valence-electron chi connectivity index (χ0n) is 15.1. The van der Waals surface area contributed by atoms with E-state index in [9.17, 15) is 14.0 Å². The molecule has 148 valence electrons. The van der Waals surface area contributed by atoms with E-state index in [1.165, 1.54) is 25.0 Å². The highest BCUT2D eigenvalue weighted by atomic mass is 32.2. The van der Waals surface area contributed by atoms with Crippen LogP contribution in [0.2, 0.25) is 0 Å². The van der Waals surface area contributed by atoms with Gasteiger partial charge >= 0.3 is 0 Å². The minimum Gasteiger partial charge on any atom is -0.381 e. The van der Waals surface area contributed by atoms with Gasteiger partial charge < -0.3 is 15.4 Å². The molecular weight excluding hydrogens is 371 g/mol. The quantitative estimate of drug-likeness (QED) is 0.552. The average Bonchev–Trinajstić information content (AvgIpc) is 3.48. The van der Waals surface area contributed by atoms with Crippen molar-refractivity contribution in [1.82, 2.24) is 15.0 Å². The third kappa shape index (κ3) is 7.08. The Morgan fingerprint density at radius 3 is 2.70 bits per heavy atom. The summed E-state index contributed by atoms with van der Waals surface area (Å²) >= 11 is 1.57. The second-order valence-electron chi connectivity index (χ2n) is 6.90. The van der Waals surface area contributed by atoms with Crippen LogP contribution in [0.3, 0.4) is 0 Å². The summed E-state index contributed by atoms with van der Waals surface area (Å²) in [7, 11) is 0. The molecule has 1 aromatic heterocycles. The molecule has 0 bridgehead atoms. The second-order valence-corrected chi connectivity index (χ2v) is 8.09. The van der Waals surface area contributed by atoms with Crippen LogP contribution in [0.25, 0.3) is 0 Å². The summed E-state index contributed by atoms with van der Waals surface area (Å²) in [4.78, 5) is 28.8. The molecule has 3 rings (SSSR count). The molecule has 7 nitrogen and oxygen atoms in total. The van der Waals surface area contributed by atoms with Crippen LogP contribution in [0, 0.1) is 11.7 Å². The van der Waals surface area contributed by atoms with Crippen LogP contribution in [0.15, 0.2) is 18.3 Å². The third-order valence-electron chi connectivity index (χ3n) is 4.55. The first kappa shape index (κ1) is 20.0. The van der Waals surface area contributed by atoms with E-state index < -0.39 is 11.9 Å². The molecule has 0 radical (unpaired) electrons. The number of pyridine rings is 1. The van der Waals surface area contributed by atoms with Gasteiger partial charge in [0.2, 0.25) is 11.8 Å². The number of nitrogens with one attached hydrogen (secondary N) is 3. The third-order valence-corrected chi connectivity index (χ3v) is 5.66. The van der Waals surface area contributed by atoms with Gasteiger partial charge in [-0.25, -0.2) is 9.37 Å². The minimum absolute atomic E-state index is 0.160. The highest BCUT2D eigenvalue weighted by Crippen LogP contribution is 2.31. The van der Waals surface area contributed by atoms with Crippen LogP contribution in [-0.2, 0) is 14.3 Å². The zero-order valence-corrected chi connectivity index (χ0v) is 15.9. The van der Waals surface area contributed by atoms with Crippen molar-refractivity contribution >= 4 is 29.6 Å². The molecule has 2 aliphatic rings. The maximum Gasteiger partial charge on any atom is 0.248 e. The van der Waals surface area contributed by atoms with Gasteiger partial charge in [-0.3, -0.25) is 14.3 Å². The molecule has 0 spiro atoms. The van der Waals surface area contributed by atoms with Crippen molar-refractivity contribution in [3.05, 3.63) is 24.1 Å². The summed E-state index contributed by atoms with van der Waals surface area (Å²) < 4.78 is 21.4. The van der Waals surface area contributed by atoms with Gasteiger partial charge in [0, 0.05) is 18.5 Å². The lowest BCUT2D eigenvalue weighted by Gasteiger charge is -2.26. The lowest BCUT2D eigenvalue weighted by atomic mass is 9.92. The summed E-state index contributed by atoms with van der Waals surface area (Å²) in [5.41, 5.74) is 0. The van der Waals surface area contributed by atoms with Crippen LogP contribution in [-0.4, -0.2) is 47.8 Å². The number of hydrogen-bond donors (Lipinski definition) is 3. The van der Waals surface area contributed by atoms with E-state index in [4.69, 9.17) is 4.74 Å². The van der Waals surface area contributed by atoms with Gasteiger partial charge in [0.15, 0.2) is 0 Å². The van der Waals surface area contributed by atoms with Crippen LogP contribution in [0.1, 0.15) is 32.1 Å². The lowest BCUT2D eigenvalue weighted by Crippen LogP contribution is -2.47. The maximum atomic E-state index is 13.0. The van der Waals surface area contributed by atoms with Crippen LogP contribution in [0.5, 0.6) is 0 Å². The fourth-order valence-electron chi connectivity index (χ4n) is 2.87. The average molecular weight is 396 g/mol. The van der Waals surface area contributed by atoms with E-state index in [2.05, 4.69) is 20.3 Å². The number of hydrogen-bond acceptors (Lipinski definition) is 6. The number of rotatable bonds is 9. The van der Waals surface area contributed by atoms with E-state index in [0.717, 1.165) is 19.0 Å². The van der Waals surface area contributed by atoms with Crippen LogP contribution in [0.4, 0.5) is 10.2 Å². The first-order chi connectivity index (χ1) is 13.1. The Morgan fingerprint density at radius 1 is 1.26 bits per heavy atom. The van der Waals surface area contributed by atoms with Gasteiger partial charge in [-0.1, -0.05) is 11.9 Å². The Labute approximate surface area is 162 Å². The minimum atomic E-state index is -0.667. The van der Waals surface area contributed by atoms with Crippen molar-refractivity contribution in [2.24, 2.45) is 5.92 Å². The fourth-order valence-corrected chi connectivity index (χ4v) is 3.69. The van der Waals surface area contributed by atoms with E-state index in [0.29, 0.717) is 30.8 Å². The number of anilines is 1. The molecule has 9 heteroatoms. The molecule has 2 heterocycles. The summed E-state index contributed by atoms with van der Waals surface area (Å²) in [6.07, 6.45) is 5.67. The van der Waals surface area contributed by atoms with Gasteiger partial charge in [0.25, 0.3) is 0 Å². The Hall–Kier alpha value is -1.71. The van der Waals surface area contributed by atoms with E-state index >= 15 is 0 Å². The Balaban J connectivity index is 1.55. The maximum absolute atomic E-state index is 13.0. The van der Waals surface area contributed by atoms with Gasteiger partial charge in [-0.05, 0) is 50.2 Å². The molecule has 1 aliphatic heterocycles. The van der Waals surface area contributed by atoms with Crippen molar-refractivity contribution in [2.45, 2.75) is 43.4 Å². The molecular formula is C18H25FN4O3S. The molecule has 1 saturated heterocycles. The van der Waals surface area contributed by atoms with Crippen molar-refractivity contribution < 1.29 is 18.7 Å². The molecule has 1 saturated carbocycles. The van der Waals surface area contributed by atoms with Crippen molar-refractivity contribution in [3.8, 4) is 0 Å². The van der Waals surface area contributed by atoms with Crippen LogP contribution >= 0.6 is 11.9 Å². The summed E-state index contributed by atoms with van der Waals surface area (Å²) in [5, 5.41) is 6.08. The first-order valence-corrected chi connectivity index (χ1v) is 10.2. The number of amides is 2. The summed E-state index contributed by atoms with van der Waals surface area (Å²) in [6, 6.07) is 1.96. The smallest absolute Gasteiger partial charge is 0.248 e. The number of ether oxygens (including phenoxy) is 1. The molecule has 1 aromatic rings. The fraction of sp³-hybridized carbons (Fsp3) is 0.611. The first-order valence-electron chi connectivity index (χ1n) is 9.28. The van der Waals surface area contributed by atoms with Gasteiger partial charge in [-0.15, -0.1) is 0 Å². The molecule has 2 fully saturated rings. The SMILES string of the molecule is O=C(CNSC1CC1)NC(CC1CCOCC1)C(=O)Nc1ccc(F)cn1. The molecule has 1 aliphatic carbocycles. The molecule has 0 aromatic carbocycles. The largest absolute Gasteiger partial charge is 0.381 e. The highest BCUT2D eigenvalue weighted by Gasteiger charge is 2.27. The van der Waals surface area contributed by atoms with Gasteiger partial charge in [0.1, 0.15) is 17.7 Å². The normalized spacial score (nSPS) is 18.7. The lowest BCUT2D eigenvalue weighted by molar-refractivity contribution is -0.126. The molecule has 3 N–H and O–H groups in total. The number of halogens is 1. The van der Waals surface area contributed by atoms with Crippen LogP contribution < -0.4 is 15.4 Å². The zero-order chi connectivity index (χ0) is 19.1. The number of aromatic nitrogens is 1. The predicted molar refractivity (Wildman–Crippen MR) is 102 cm³/mol. The van der Waals surface area contributed by atoms with E-state index in [-0.39, 0.29) is 24.2 Å². The summed E-state index contributed by atoms with van der Waals surface area (Å²) in [5.74, 6) is -0.467. The van der Waals surface area contributed by atoms with E-state index in [1.807, 2.05) is 0 Å². The van der Waals surface area contributed by atoms with Crippen molar-refractivity contribution in [3.63, 3.8) is 0 Å². The second kappa shape index (κ2) is 10.0. The molecule has 2 amide bonds. The molecule has 27 heavy (non-hydrogen) atoms. The van der Waals surface area contributed by atoms with Gasteiger partial charge in [0.05, 0.1) is 12.7 Å². The number of carbonyl (C=O) groups excluding carboxylic acids is 2. The monoisotopic (exact) mass is 396 g/mol. The van der Waals surface area contributed by atoms with Crippen molar-refractivity contribution in [2.75, 3.05) is 25.1 Å². The van der Waals surface area contributed by atoms with Gasteiger partial charge in [-0.2, -0.15) is 0 Å². The topological polar surface area (TPSA) is 92.4 Å². The van der Waals surface area contributed by atoms with Crippen molar-refractivity contribution in [1.29, 1.82) is 0 Å². The number of nitrogens with zero attached hydrogens (tertiary/aromatic N) is 1. The highest BCUT2D eigenvalue weighted by molar-refractivity contribution is 7.98. The summed E-state index contributed by atoms with van der Waals surface area (Å²) in [6.45, 7) is 1.51. The molecule has 1 atom stereocenters. The Bertz CT molecular complexity index is 636. The van der Waals surface area contributed by atoms with E-state index in [1.54, 1.807) is 11.9 Å². The molecule has 1 unspecified atom stereocenters.